The molecule has 0 bridgehead atoms. The van der Waals surface area contributed by atoms with Crippen LogP contribution in [0.3, 0.4) is 0 Å². The Morgan fingerprint density at radius 1 is 1.50 bits per heavy atom. The lowest BCUT2D eigenvalue weighted by Crippen LogP contribution is -2.46. The summed E-state index contributed by atoms with van der Waals surface area (Å²) in [5.41, 5.74) is 0. The number of thioether (sulfide) groups is 1. The smallest absolute Gasteiger partial charge is 0.323 e. The summed E-state index contributed by atoms with van der Waals surface area (Å²) in [4.78, 5) is 23.9. The third-order valence-corrected chi connectivity index (χ3v) is 4.56. The van der Waals surface area contributed by atoms with Crippen molar-refractivity contribution in [2.24, 2.45) is 0 Å². The molecule has 1 aliphatic heterocycles. The van der Waals surface area contributed by atoms with E-state index < -0.39 is 5.97 Å². The topological polar surface area (TPSA) is 69.6 Å². The van der Waals surface area contributed by atoms with Crippen LogP contribution >= 0.6 is 11.8 Å². The van der Waals surface area contributed by atoms with Crippen LogP contribution < -0.4 is 5.32 Å². The van der Waals surface area contributed by atoms with Crippen LogP contribution in [0.5, 0.6) is 0 Å². The molecule has 6 heteroatoms. The van der Waals surface area contributed by atoms with E-state index in [1.54, 1.807) is 0 Å². The molecule has 0 saturated carbocycles. The number of hydrogen-bond acceptors (Lipinski definition) is 3. The van der Waals surface area contributed by atoms with Crippen molar-refractivity contribution >= 4 is 23.8 Å². The number of amides is 2. The fourth-order valence-corrected chi connectivity index (χ4v) is 3.28. The highest BCUT2D eigenvalue weighted by molar-refractivity contribution is 8.00. The normalized spacial score (nSPS) is 22.8. The van der Waals surface area contributed by atoms with E-state index in [0.717, 1.165) is 18.6 Å². The maximum absolute atomic E-state index is 11.9. The summed E-state index contributed by atoms with van der Waals surface area (Å²) in [6.07, 6.45) is 3.04. The highest BCUT2D eigenvalue weighted by Crippen LogP contribution is 2.36. The van der Waals surface area contributed by atoms with Gasteiger partial charge in [-0.2, -0.15) is 11.8 Å². The van der Waals surface area contributed by atoms with Crippen molar-refractivity contribution in [3.05, 3.63) is 0 Å². The van der Waals surface area contributed by atoms with Crippen molar-refractivity contribution < 1.29 is 14.7 Å². The molecule has 1 fully saturated rings. The summed E-state index contributed by atoms with van der Waals surface area (Å²) < 4.78 is 0.108. The lowest BCUT2D eigenvalue weighted by molar-refractivity contribution is -0.137. The number of nitrogens with one attached hydrogen (secondary N) is 1. The van der Waals surface area contributed by atoms with Crippen LogP contribution in [-0.2, 0) is 4.79 Å². The van der Waals surface area contributed by atoms with Gasteiger partial charge < -0.3 is 15.3 Å². The zero-order valence-electron chi connectivity index (χ0n) is 11.1. The number of nitrogens with zero attached hydrogens (tertiary/aromatic N) is 1. The summed E-state index contributed by atoms with van der Waals surface area (Å²) in [7, 11) is 0. The predicted molar refractivity (Wildman–Crippen MR) is 73.0 cm³/mol. The second-order valence-corrected chi connectivity index (χ2v) is 6.56. The van der Waals surface area contributed by atoms with E-state index >= 15 is 0 Å². The number of carbonyl (C=O) groups is 2. The predicted octanol–water partition coefficient (Wildman–Crippen LogP) is 1.78. The number of carboxylic acids is 1. The van der Waals surface area contributed by atoms with Gasteiger partial charge >= 0.3 is 12.0 Å². The van der Waals surface area contributed by atoms with Crippen LogP contribution in [0.25, 0.3) is 0 Å². The number of rotatable bonds is 6. The molecule has 1 heterocycles. The average Bonchev–Trinajstić information content (AvgIpc) is 2.72. The zero-order valence-corrected chi connectivity index (χ0v) is 11.9. The van der Waals surface area contributed by atoms with Gasteiger partial charge in [0, 0.05) is 17.8 Å². The zero-order chi connectivity index (χ0) is 13.6. The minimum Gasteiger partial charge on any atom is -0.480 e. The maximum atomic E-state index is 11.9. The van der Waals surface area contributed by atoms with Gasteiger partial charge in [-0.05, 0) is 31.9 Å². The standard InChI is InChI=1S/C12H22N2O3S/c1-3-6-14(8-10(15)16)11(17)13-9-12(2)5-4-7-18-12/h3-9H2,1-2H3,(H,13,17)(H,15,16). The van der Waals surface area contributed by atoms with Crippen molar-refractivity contribution in [1.82, 2.24) is 10.2 Å². The van der Waals surface area contributed by atoms with Gasteiger partial charge in [0.2, 0.25) is 0 Å². The summed E-state index contributed by atoms with van der Waals surface area (Å²) in [6.45, 7) is 4.92. The van der Waals surface area contributed by atoms with Crippen LogP contribution in [0, 0.1) is 0 Å². The van der Waals surface area contributed by atoms with Gasteiger partial charge in [-0.3, -0.25) is 4.79 Å². The number of carbonyl (C=O) groups excluding carboxylic acids is 1. The summed E-state index contributed by atoms with van der Waals surface area (Å²) in [5.74, 6) is 0.167. The van der Waals surface area contributed by atoms with E-state index in [0.29, 0.717) is 13.1 Å². The van der Waals surface area contributed by atoms with Crippen molar-refractivity contribution in [2.45, 2.75) is 37.9 Å². The van der Waals surface area contributed by atoms with Gasteiger partial charge in [-0.25, -0.2) is 4.79 Å². The van der Waals surface area contributed by atoms with Gasteiger partial charge in [-0.15, -0.1) is 0 Å². The molecule has 0 aromatic heterocycles. The lowest BCUT2D eigenvalue weighted by Gasteiger charge is -2.26. The summed E-state index contributed by atoms with van der Waals surface area (Å²) in [5, 5.41) is 11.6. The molecule has 1 atom stereocenters. The van der Waals surface area contributed by atoms with Crippen LogP contribution in [0.1, 0.15) is 33.1 Å². The van der Waals surface area contributed by atoms with Crippen LogP contribution in [-0.4, -0.2) is 52.1 Å². The van der Waals surface area contributed by atoms with E-state index in [2.05, 4.69) is 12.2 Å². The van der Waals surface area contributed by atoms with Crippen molar-refractivity contribution in [1.29, 1.82) is 0 Å². The van der Waals surface area contributed by atoms with E-state index in [1.165, 1.54) is 11.3 Å². The Labute approximate surface area is 112 Å². The number of urea groups is 1. The molecule has 0 aliphatic carbocycles. The van der Waals surface area contributed by atoms with Gasteiger partial charge in [-0.1, -0.05) is 6.92 Å². The second kappa shape index (κ2) is 6.87. The SMILES string of the molecule is CCCN(CC(=O)O)C(=O)NCC1(C)CCCS1. The number of carboxylic acid groups (broad SMARTS) is 1. The van der Waals surface area contributed by atoms with Crippen molar-refractivity contribution in [3.63, 3.8) is 0 Å². The summed E-state index contributed by atoms with van der Waals surface area (Å²) >= 11 is 1.88. The van der Waals surface area contributed by atoms with Crippen molar-refractivity contribution in [2.75, 3.05) is 25.4 Å². The third kappa shape index (κ3) is 4.76. The van der Waals surface area contributed by atoms with E-state index in [-0.39, 0.29) is 17.3 Å². The highest BCUT2D eigenvalue weighted by atomic mass is 32.2. The Hall–Kier alpha value is -0.910. The van der Waals surface area contributed by atoms with Gasteiger partial charge in [0.1, 0.15) is 6.54 Å². The summed E-state index contributed by atoms with van der Waals surface area (Å²) in [6, 6.07) is -0.270. The lowest BCUT2D eigenvalue weighted by atomic mass is 10.1. The molecule has 104 valence electrons. The first-order chi connectivity index (χ1) is 8.47. The molecule has 1 unspecified atom stereocenters. The molecule has 18 heavy (non-hydrogen) atoms. The number of aliphatic carboxylic acids is 1. The Kier molecular flexibility index (Phi) is 5.78. The average molecular weight is 274 g/mol. The highest BCUT2D eigenvalue weighted by Gasteiger charge is 2.30. The Bertz CT molecular complexity index is 304. The van der Waals surface area contributed by atoms with Gasteiger partial charge in [0.05, 0.1) is 0 Å². The first kappa shape index (κ1) is 15.1. The van der Waals surface area contributed by atoms with Gasteiger partial charge in [0.25, 0.3) is 0 Å². The van der Waals surface area contributed by atoms with E-state index in [4.69, 9.17) is 5.11 Å². The molecular formula is C12H22N2O3S. The molecule has 1 aliphatic rings. The molecule has 2 N–H and O–H groups in total. The fourth-order valence-electron chi connectivity index (χ4n) is 2.04. The minimum atomic E-state index is -0.972. The first-order valence-electron chi connectivity index (χ1n) is 6.35. The third-order valence-electron chi connectivity index (χ3n) is 3.02. The first-order valence-corrected chi connectivity index (χ1v) is 7.34. The minimum absolute atomic E-state index is 0.108. The maximum Gasteiger partial charge on any atom is 0.323 e. The molecule has 2 amide bonds. The Balaban J connectivity index is 2.42. The Morgan fingerprint density at radius 2 is 2.22 bits per heavy atom. The van der Waals surface area contributed by atoms with Crippen molar-refractivity contribution in [3.8, 4) is 0 Å². The van der Waals surface area contributed by atoms with E-state index in [1.807, 2.05) is 18.7 Å². The molecule has 0 aromatic rings. The monoisotopic (exact) mass is 274 g/mol. The fraction of sp³-hybridized carbons (Fsp3) is 0.833. The molecular weight excluding hydrogens is 252 g/mol. The Morgan fingerprint density at radius 3 is 2.72 bits per heavy atom. The van der Waals surface area contributed by atoms with Gasteiger partial charge in [0.15, 0.2) is 0 Å². The molecule has 0 radical (unpaired) electrons. The van der Waals surface area contributed by atoms with Crippen LogP contribution in [0.2, 0.25) is 0 Å². The number of hydrogen-bond donors (Lipinski definition) is 2. The quantitative estimate of drug-likeness (QED) is 0.774. The van der Waals surface area contributed by atoms with Crippen LogP contribution in [0.4, 0.5) is 4.79 Å². The second-order valence-electron chi connectivity index (χ2n) is 4.88. The molecule has 5 nitrogen and oxygen atoms in total. The molecule has 1 saturated heterocycles. The van der Waals surface area contributed by atoms with Crippen LogP contribution in [0.15, 0.2) is 0 Å². The molecule has 0 aromatic carbocycles. The molecule has 1 rings (SSSR count). The molecule has 0 spiro atoms. The van der Waals surface area contributed by atoms with E-state index in [9.17, 15) is 9.59 Å². The largest absolute Gasteiger partial charge is 0.480 e.